The molecule has 0 spiro atoms. The lowest BCUT2D eigenvalue weighted by Gasteiger charge is -2.33. The lowest BCUT2D eigenvalue weighted by atomic mass is 10.0. The maximum Gasteiger partial charge on any atom is 0.409 e. The van der Waals surface area contributed by atoms with Gasteiger partial charge >= 0.3 is 6.18 Å². The second kappa shape index (κ2) is 7.80. The summed E-state index contributed by atoms with van der Waals surface area (Å²) < 4.78 is 65.7. The predicted octanol–water partition coefficient (Wildman–Crippen LogP) is 3.36. The Kier molecular flexibility index (Phi) is 5.07. The minimum absolute atomic E-state index is 0.0648. The SMILES string of the molecule is O=C(CC1COC2=CC(C(F)(F)F)NN2C1)c1cc2n(n1)CCC(c1ccccc1F)O2. The molecule has 3 atom stereocenters. The van der Waals surface area contributed by atoms with Gasteiger partial charge in [-0.15, -0.1) is 0 Å². The molecule has 2 aromatic rings. The van der Waals surface area contributed by atoms with E-state index < -0.39 is 18.3 Å². The summed E-state index contributed by atoms with van der Waals surface area (Å²) >= 11 is 0. The van der Waals surface area contributed by atoms with Gasteiger partial charge in [-0.25, -0.2) is 14.5 Å². The Morgan fingerprint density at radius 2 is 2.09 bits per heavy atom. The van der Waals surface area contributed by atoms with Gasteiger partial charge in [-0.3, -0.25) is 9.80 Å². The van der Waals surface area contributed by atoms with Crippen LogP contribution in [0.15, 0.2) is 42.3 Å². The molecule has 5 rings (SSSR count). The van der Waals surface area contributed by atoms with Crippen molar-refractivity contribution in [1.82, 2.24) is 20.2 Å². The molecular formula is C21H20F4N4O3. The number of halogens is 4. The van der Waals surface area contributed by atoms with E-state index in [9.17, 15) is 22.4 Å². The molecule has 0 aliphatic carbocycles. The van der Waals surface area contributed by atoms with Crippen molar-refractivity contribution in [1.29, 1.82) is 0 Å². The number of aryl methyl sites for hydroxylation is 1. The van der Waals surface area contributed by atoms with Crippen molar-refractivity contribution in [3.63, 3.8) is 0 Å². The van der Waals surface area contributed by atoms with Crippen LogP contribution in [-0.2, 0) is 11.3 Å². The van der Waals surface area contributed by atoms with Gasteiger partial charge in [-0.2, -0.15) is 18.3 Å². The molecule has 4 heterocycles. The number of fused-ring (bicyclic) bond motifs is 2. The van der Waals surface area contributed by atoms with Gasteiger partial charge in [0.2, 0.25) is 11.8 Å². The summed E-state index contributed by atoms with van der Waals surface area (Å²) in [6, 6.07) is 6.11. The summed E-state index contributed by atoms with van der Waals surface area (Å²) in [6.07, 6.45) is -3.33. The van der Waals surface area contributed by atoms with Gasteiger partial charge in [-0.1, -0.05) is 18.2 Å². The van der Waals surface area contributed by atoms with E-state index in [-0.39, 0.29) is 48.7 Å². The predicted molar refractivity (Wildman–Crippen MR) is 103 cm³/mol. The number of benzene rings is 1. The Hall–Kier alpha value is -3.08. The van der Waals surface area contributed by atoms with E-state index in [0.717, 1.165) is 6.08 Å². The number of Topliss-reactive ketones (excluding diaryl/α,β-unsaturated/α-hetero) is 1. The molecule has 7 nitrogen and oxygen atoms in total. The molecule has 0 radical (unpaired) electrons. The molecule has 1 saturated heterocycles. The van der Waals surface area contributed by atoms with Crippen LogP contribution in [0.1, 0.15) is 35.0 Å². The molecule has 1 aromatic carbocycles. The van der Waals surface area contributed by atoms with Gasteiger partial charge in [0.05, 0.1) is 6.61 Å². The van der Waals surface area contributed by atoms with Crippen LogP contribution in [0.3, 0.4) is 0 Å². The van der Waals surface area contributed by atoms with E-state index in [2.05, 4.69) is 10.5 Å². The summed E-state index contributed by atoms with van der Waals surface area (Å²) in [5.74, 6) is -0.403. The van der Waals surface area contributed by atoms with E-state index >= 15 is 0 Å². The lowest BCUT2D eigenvalue weighted by Crippen LogP contribution is -2.48. The van der Waals surface area contributed by atoms with E-state index in [1.54, 1.807) is 22.9 Å². The zero-order valence-electron chi connectivity index (χ0n) is 16.8. The summed E-state index contributed by atoms with van der Waals surface area (Å²) in [4.78, 5) is 12.8. The number of carbonyl (C=O) groups is 1. The first-order valence-electron chi connectivity index (χ1n) is 10.2. The Morgan fingerprint density at radius 1 is 1.28 bits per heavy atom. The quantitative estimate of drug-likeness (QED) is 0.567. The minimum atomic E-state index is -4.42. The molecule has 3 aliphatic rings. The summed E-state index contributed by atoms with van der Waals surface area (Å²) in [5.41, 5.74) is 3.01. The first kappa shape index (κ1) is 20.8. The fourth-order valence-corrected chi connectivity index (χ4v) is 4.13. The second-order valence-corrected chi connectivity index (χ2v) is 8.08. The number of hydrazine groups is 1. The number of nitrogens with one attached hydrogen (secondary N) is 1. The largest absolute Gasteiger partial charge is 0.478 e. The van der Waals surface area contributed by atoms with Gasteiger partial charge in [0.15, 0.2) is 5.78 Å². The van der Waals surface area contributed by atoms with E-state index in [1.807, 2.05) is 0 Å². The first-order chi connectivity index (χ1) is 15.3. The lowest BCUT2D eigenvalue weighted by molar-refractivity contribution is -0.152. The molecule has 1 fully saturated rings. The van der Waals surface area contributed by atoms with Crippen molar-refractivity contribution in [2.24, 2.45) is 5.92 Å². The van der Waals surface area contributed by atoms with Crippen LogP contribution >= 0.6 is 0 Å². The zero-order chi connectivity index (χ0) is 22.5. The number of hydrogen-bond donors (Lipinski definition) is 1. The topological polar surface area (TPSA) is 68.6 Å². The van der Waals surface area contributed by atoms with Crippen LogP contribution in [0.4, 0.5) is 17.6 Å². The highest BCUT2D eigenvalue weighted by atomic mass is 19.4. The number of carbonyl (C=O) groups excluding carboxylic acids is 1. The molecule has 3 unspecified atom stereocenters. The highest BCUT2D eigenvalue weighted by Crippen LogP contribution is 2.34. The molecule has 0 amide bonds. The van der Waals surface area contributed by atoms with E-state index in [0.29, 0.717) is 24.4 Å². The van der Waals surface area contributed by atoms with Crippen LogP contribution in [0.5, 0.6) is 5.88 Å². The third-order valence-corrected chi connectivity index (χ3v) is 5.75. The van der Waals surface area contributed by atoms with Gasteiger partial charge in [0, 0.05) is 49.6 Å². The molecule has 0 saturated carbocycles. The third-order valence-electron chi connectivity index (χ3n) is 5.75. The van der Waals surface area contributed by atoms with Gasteiger partial charge in [-0.05, 0) is 6.07 Å². The minimum Gasteiger partial charge on any atom is -0.478 e. The fraction of sp³-hybridized carbons (Fsp3) is 0.429. The number of alkyl halides is 3. The summed E-state index contributed by atoms with van der Waals surface area (Å²) in [7, 11) is 0. The van der Waals surface area contributed by atoms with Gasteiger partial charge in [0.1, 0.15) is 23.7 Å². The second-order valence-electron chi connectivity index (χ2n) is 8.08. The van der Waals surface area contributed by atoms with Gasteiger partial charge in [0.25, 0.3) is 0 Å². The highest BCUT2D eigenvalue weighted by Gasteiger charge is 2.45. The molecular weight excluding hydrogens is 432 g/mol. The van der Waals surface area contributed by atoms with Gasteiger partial charge < -0.3 is 9.47 Å². The average Bonchev–Trinajstić information content (AvgIpc) is 3.37. The number of nitrogens with zero attached hydrogens (tertiary/aromatic N) is 3. The molecule has 1 aromatic heterocycles. The normalized spacial score (nSPS) is 24.8. The van der Waals surface area contributed by atoms with Crippen LogP contribution in [0.2, 0.25) is 0 Å². The van der Waals surface area contributed by atoms with E-state index in [4.69, 9.17) is 9.47 Å². The maximum absolute atomic E-state index is 14.1. The average molecular weight is 452 g/mol. The van der Waals surface area contributed by atoms with Crippen molar-refractivity contribution < 1.29 is 31.8 Å². The van der Waals surface area contributed by atoms with Crippen molar-refractivity contribution in [2.75, 3.05) is 13.2 Å². The summed E-state index contributed by atoms with van der Waals surface area (Å²) in [6.45, 7) is 0.822. The Morgan fingerprint density at radius 3 is 2.88 bits per heavy atom. The van der Waals surface area contributed by atoms with Crippen LogP contribution in [0, 0.1) is 11.7 Å². The van der Waals surface area contributed by atoms with Crippen molar-refractivity contribution >= 4 is 5.78 Å². The fourth-order valence-electron chi connectivity index (χ4n) is 4.13. The molecule has 3 aliphatic heterocycles. The number of rotatable bonds is 4. The number of aromatic nitrogens is 2. The third kappa shape index (κ3) is 3.92. The standard InChI is InChI=1S/C21H20F4N4O3/c22-14-4-2-1-3-13(14)17-5-6-28-20(32-17)8-15(26-28)16(30)7-12-10-29-19(31-11-12)9-18(27-29)21(23,24)25/h1-4,8-9,12,17-18,27H,5-7,10-11H2. The Bertz CT molecular complexity index is 1070. The van der Waals surface area contributed by atoms with Crippen LogP contribution in [-0.4, -0.2) is 45.9 Å². The number of ether oxygens (including phenoxy) is 2. The zero-order valence-corrected chi connectivity index (χ0v) is 16.8. The number of ketones is 1. The molecule has 11 heteroatoms. The summed E-state index contributed by atoms with van der Waals surface area (Å²) in [5, 5.41) is 5.59. The van der Waals surface area contributed by atoms with Crippen molar-refractivity contribution in [3.05, 3.63) is 59.4 Å². The van der Waals surface area contributed by atoms with Crippen molar-refractivity contribution in [3.8, 4) is 5.88 Å². The van der Waals surface area contributed by atoms with Crippen LogP contribution < -0.4 is 10.2 Å². The monoisotopic (exact) mass is 452 g/mol. The number of hydrogen-bond acceptors (Lipinski definition) is 6. The Labute approximate surface area is 180 Å². The first-order valence-corrected chi connectivity index (χ1v) is 10.2. The molecule has 32 heavy (non-hydrogen) atoms. The van der Waals surface area contributed by atoms with E-state index in [1.165, 1.54) is 17.1 Å². The van der Waals surface area contributed by atoms with Crippen molar-refractivity contribution in [2.45, 2.75) is 37.7 Å². The molecule has 1 N–H and O–H groups in total. The highest BCUT2D eigenvalue weighted by molar-refractivity contribution is 5.94. The van der Waals surface area contributed by atoms with Crippen LogP contribution in [0.25, 0.3) is 0 Å². The smallest absolute Gasteiger partial charge is 0.409 e. The molecule has 0 bridgehead atoms. The molecule has 170 valence electrons. The maximum atomic E-state index is 14.1. The Balaban J connectivity index is 1.22.